The van der Waals surface area contributed by atoms with Crippen molar-refractivity contribution in [3.8, 4) is 5.75 Å². The Morgan fingerprint density at radius 1 is 1.18 bits per heavy atom. The minimum Gasteiger partial charge on any atom is -0.489 e. The van der Waals surface area contributed by atoms with E-state index in [0.29, 0.717) is 34.8 Å². The summed E-state index contributed by atoms with van der Waals surface area (Å²) in [6.45, 7) is 0.501. The van der Waals surface area contributed by atoms with Crippen molar-refractivity contribution < 1.29 is 27.1 Å². The first-order valence-electron chi connectivity index (χ1n) is 10.5. The molecule has 1 aliphatic rings. The molecule has 11 heteroatoms. The Kier molecular flexibility index (Phi) is 5.07. The van der Waals surface area contributed by atoms with Gasteiger partial charge in [0.05, 0.1) is 40.3 Å². The van der Waals surface area contributed by atoms with Gasteiger partial charge < -0.3 is 15.4 Å². The minimum absolute atomic E-state index is 0.114. The molecule has 0 spiro atoms. The summed E-state index contributed by atoms with van der Waals surface area (Å²) in [5.74, 6) is -0.744. The molecule has 2 N–H and O–H groups in total. The van der Waals surface area contributed by atoms with Crippen molar-refractivity contribution in [2.75, 3.05) is 18.8 Å². The van der Waals surface area contributed by atoms with Crippen molar-refractivity contribution in [1.29, 1.82) is 0 Å². The first-order chi connectivity index (χ1) is 16.1. The number of halogens is 4. The Labute approximate surface area is 190 Å². The summed E-state index contributed by atoms with van der Waals surface area (Å²) < 4.78 is 60.4. The smallest absolute Gasteiger partial charge is 0.416 e. The fraction of sp³-hybridized carbons (Fsp3) is 0.261. The first kappa shape index (κ1) is 21.9. The molecule has 0 saturated carbocycles. The second-order valence-corrected chi connectivity index (χ2v) is 8.18. The molecule has 2 aromatic heterocycles. The van der Waals surface area contributed by atoms with Crippen LogP contribution in [0, 0.1) is 5.82 Å². The lowest BCUT2D eigenvalue weighted by Gasteiger charge is -2.18. The molecule has 1 fully saturated rings. The lowest BCUT2D eigenvalue weighted by molar-refractivity contribution is -0.137. The number of pyridine rings is 1. The zero-order valence-electron chi connectivity index (χ0n) is 17.9. The van der Waals surface area contributed by atoms with E-state index in [0.717, 1.165) is 12.1 Å². The maximum atomic E-state index is 14.9. The second kappa shape index (κ2) is 7.86. The number of carbonyl (C=O) groups is 1. The lowest BCUT2D eigenvalue weighted by Crippen LogP contribution is -2.31. The van der Waals surface area contributed by atoms with Crippen LogP contribution >= 0.6 is 0 Å². The molecule has 1 amide bonds. The van der Waals surface area contributed by atoms with Crippen LogP contribution in [0.4, 0.5) is 23.4 Å². The molecular formula is C23H19F4N5O2. The molecule has 0 aliphatic carbocycles. The molecule has 0 radical (unpaired) electrons. The topological polar surface area (TPSA) is 86.3 Å². The average molecular weight is 473 g/mol. The van der Waals surface area contributed by atoms with E-state index in [-0.39, 0.29) is 23.7 Å². The number of ether oxygens (including phenoxy) is 1. The monoisotopic (exact) mass is 473 g/mol. The molecule has 1 aliphatic heterocycles. The molecule has 3 heterocycles. The lowest BCUT2D eigenvalue weighted by atomic mass is 10.1. The van der Waals surface area contributed by atoms with E-state index in [2.05, 4.69) is 10.1 Å². The van der Waals surface area contributed by atoms with Gasteiger partial charge in [0.25, 0.3) is 5.91 Å². The van der Waals surface area contributed by atoms with Crippen molar-refractivity contribution >= 4 is 33.5 Å². The summed E-state index contributed by atoms with van der Waals surface area (Å²) >= 11 is 0. The van der Waals surface area contributed by atoms with Crippen LogP contribution in [0.5, 0.6) is 5.75 Å². The summed E-state index contributed by atoms with van der Waals surface area (Å²) in [5.41, 5.74) is 6.03. The summed E-state index contributed by atoms with van der Waals surface area (Å²) in [6, 6.07) is 7.00. The molecule has 34 heavy (non-hydrogen) atoms. The number of amides is 1. The van der Waals surface area contributed by atoms with Crippen molar-refractivity contribution in [1.82, 2.24) is 19.7 Å². The van der Waals surface area contributed by atoms with Crippen LogP contribution in [0.1, 0.15) is 22.3 Å². The molecule has 2 aromatic carbocycles. The number of nitrogens with zero attached hydrogens (tertiary/aromatic N) is 4. The molecular weight excluding hydrogens is 454 g/mol. The summed E-state index contributed by atoms with van der Waals surface area (Å²) in [4.78, 5) is 18.8. The van der Waals surface area contributed by atoms with Crippen LogP contribution in [-0.4, -0.2) is 44.8 Å². The predicted octanol–water partition coefficient (Wildman–Crippen LogP) is 4.16. The zero-order valence-corrected chi connectivity index (χ0v) is 17.9. The highest BCUT2D eigenvalue weighted by atomic mass is 19.4. The van der Waals surface area contributed by atoms with E-state index in [4.69, 9.17) is 10.5 Å². The molecule has 0 bridgehead atoms. The van der Waals surface area contributed by atoms with Gasteiger partial charge in [-0.15, -0.1) is 0 Å². The van der Waals surface area contributed by atoms with E-state index < -0.39 is 29.6 Å². The SMILES string of the molecule is Cn1ncc2c(N)nc3cc(F)c(C(=O)N4CC[C@H](Oc5ccc(C(F)(F)F)cc5)C4)cc3c21. The Morgan fingerprint density at radius 3 is 2.62 bits per heavy atom. The summed E-state index contributed by atoms with van der Waals surface area (Å²) in [6.07, 6.45) is -2.83. The van der Waals surface area contributed by atoms with Gasteiger partial charge in [-0.2, -0.15) is 18.3 Å². The summed E-state index contributed by atoms with van der Waals surface area (Å²) in [7, 11) is 1.72. The van der Waals surface area contributed by atoms with Gasteiger partial charge in [-0.1, -0.05) is 0 Å². The number of fused-ring (bicyclic) bond motifs is 3. The van der Waals surface area contributed by atoms with Crippen LogP contribution in [0.2, 0.25) is 0 Å². The quantitative estimate of drug-likeness (QED) is 0.452. The third kappa shape index (κ3) is 3.76. The predicted molar refractivity (Wildman–Crippen MR) is 117 cm³/mol. The van der Waals surface area contributed by atoms with E-state index in [9.17, 15) is 22.4 Å². The van der Waals surface area contributed by atoms with Gasteiger partial charge in [0.2, 0.25) is 0 Å². The standard InChI is InChI=1S/C23H19F4N5O2/c1-31-20-16-8-15(18(24)9-19(16)30-21(28)17(20)10-29-31)22(33)32-7-6-14(11-32)34-13-4-2-12(3-5-13)23(25,26)27/h2-5,8-10,14H,6-7,11H2,1H3,(H2,28,30)/t14-/m0/s1. The third-order valence-electron chi connectivity index (χ3n) is 5.94. The number of hydrogen-bond acceptors (Lipinski definition) is 5. The number of anilines is 1. The van der Waals surface area contributed by atoms with Crippen LogP contribution in [0.3, 0.4) is 0 Å². The number of carbonyl (C=O) groups excluding carboxylic acids is 1. The molecule has 7 nitrogen and oxygen atoms in total. The zero-order chi connectivity index (χ0) is 24.2. The Hall–Kier alpha value is -3.89. The van der Waals surface area contributed by atoms with Crippen molar-refractivity contribution in [2.24, 2.45) is 7.05 Å². The van der Waals surface area contributed by atoms with Crippen LogP contribution in [-0.2, 0) is 13.2 Å². The Morgan fingerprint density at radius 2 is 1.91 bits per heavy atom. The first-order valence-corrected chi connectivity index (χ1v) is 10.5. The Bertz CT molecular complexity index is 1420. The average Bonchev–Trinajstić information content (AvgIpc) is 3.40. The van der Waals surface area contributed by atoms with Gasteiger partial charge in [-0.25, -0.2) is 9.37 Å². The highest BCUT2D eigenvalue weighted by molar-refractivity contribution is 6.10. The molecule has 5 rings (SSSR count). The van der Waals surface area contributed by atoms with Gasteiger partial charge in [0.15, 0.2) is 0 Å². The van der Waals surface area contributed by atoms with Crippen LogP contribution < -0.4 is 10.5 Å². The van der Waals surface area contributed by atoms with E-state index in [1.54, 1.807) is 17.9 Å². The van der Waals surface area contributed by atoms with E-state index >= 15 is 0 Å². The van der Waals surface area contributed by atoms with Crippen molar-refractivity contribution in [3.05, 3.63) is 59.5 Å². The molecule has 0 unspecified atom stereocenters. The van der Waals surface area contributed by atoms with Crippen molar-refractivity contribution in [2.45, 2.75) is 18.7 Å². The number of alkyl halides is 3. The van der Waals surface area contributed by atoms with Crippen LogP contribution in [0.25, 0.3) is 21.8 Å². The number of aryl methyl sites for hydroxylation is 1. The summed E-state index contributed by atoms with van der Waals surface area (Å²) in [5, 5.41) is 5.33. The number of hydrogen-bond donors (Lipinski definition) is 1. The molecule has 1 saturated heterocycles. The van der Waals surface area contributed by atoms with Gasteiger partial charge in [-0.3, -0.25) is 9.48 Å². The maximum absolute atomic E-state index is 14.9. The highest BCUT2D eigenvalue weighted by Crippen LogP contribution is 2.32. The normalized spacial score (nSPS) is 16.5. The second-order valence-electron chi connectivity index (χ2n) is 8.18. The minimum atomic E-state index is -4.43. The largest absolute Gasteiger partial charge is 0.489 e. The maximum Gasteiger partial charge on any atom is 0.416 e. The molecule has 1 atom stereocenters. The number of benzene rings is 2. The highest BCUT2D eigenvalue weighted by Gasteiger charge is 2.32. The Balaban J connectivity index is 1.37. The number of aromatic nitrogens is 3. The fourth-order valence-electron chi connectivity index (χ4n) is 4.24. The fourth-order valence-corrected chi connectivity index (χ4v) is 4.24. The van der Waals surface area contributed by atoms with Gasteiger partial charge in [-0.05, 0) is 30.3 Å². The number of rotatable bonds is 3. The third-order valence-corrected chi connectivity index (χ3v) is 5.94. The van der Waals surface area contributed by atoms with Gasteiger partial charge in [0.1, 0.15) is 23.5 Å². The number of nitrogens with two attached hydrogens (primary N) is 1. The molecule has 4 aromatic rings. The van der Waals surface area contributed by atoms with Crippen molar-refractivity contribution in [3.63, 3.8) is 0 Å². The van der Waals surface area contributed by atoms with Crippen LogP contribution in [0.15, 0.2) is 42.6 Å². The van der Waals surface area contributed by atoms with E-state index in [1.165, 1.54) is 29.2 Å². The van der Waals surface area contributed by atoms with Gasteiger partial charge >= 0.3 is 6.18 Å². The van der Waals surface area contributed by atoms with E-state index in [1.807, 2.05) is 0 Å². The number of likely N-dealkylation sites (tertiary alicyclic amines) is 1. The number of nitrogen functional groups attached to an aromatic ring is 1. The van der Waals surface area contributed by atoms with Gasteiger partial charge in [0, 0.05) is 31.5 Å². The molecule has 176 valence electrons.